The molecule has 2 N–H and O–H groups in total. The number of carbonyl (C=O) groups is 1. The quantitative estimate of drug-likeness (QED) is 0.729. The van der Waals surface area contributed by atoms with Gasteiger partial charge in [0.25, 0.3) is 5.91 Å². The van der Waals surface area contributed by atoms with Gasteiger partial charge in [0.2, 0.25) is 0 Å². The highest BCUT2D eigenvalue weighted by molar-refractivity contribution is 5.95. The van der Waals surface area contributed by atoms with Gasteiger partial charge in [-0.15, -0.1) is 0 Å². The van der Waals surface area contributed by atoms with E-state index < -0.39 is 6.10 Å². The molecule has 4 heteroatoms. The molecular formula is C23H29NO3. The van der Waals surface area contributed by atoms with Gasteiger partial charge in [0.1, 0.15) is 0 Å². The van der Waals surface area contributed by atoms with E-state index in [2.05, 4.69) is 5.32 Å². The first-order chi connectivity index (χ1) is 13.0. The van der Waals surface area contributed by atoms with Gasteiger partial charge in [0.15, 0.2) is 0 Å². The summed E-state index contributed by atoms with van der Waals surface area (Å²) in [6.45, 7) is 5.86. The number of benzene rings is 2. The zero-order valence-corrected chi connectivity index (χ0v) is 16.2. The second-order valence-corrected chi connectivity index (χ2v) is 7.55. The summed E-state index contributed by atoms with van der Waals surface area (Å²) in [6, 6.07) is 15.5. The van der Waals surface area contributed by atoms with Crippen molar-refractivity contribution in [2.75, 3.05) is 19.8 Å². The smallest absolute Gasteiger partial charge is 0.251 e. The van der Waals surface area contributed by atoms with Crippen molar-refractivity contribution >= 4 is 5.91 Å². The highest BCUT2D eigenvalue weighted by Crippen LogP contribution is 2.40. The van der Waals surface area contributed by atoms with E-state index in [9.17, 15) is 9.90 Å². The SMILES string of the molecule is CCOCC1(CNC(=O)c2cccc(-c3ccc([C@H](C)O)cc3)c2)CCC1. The molecule has 1 saturated carbocycles. The lowest BCUT2D eigenvalue weighted by atomic mass is 9.69. The van der Waals surface area contributed by atoms with E-state index >= 15 is 0 Å². The minimum Gasteiger partial charge on any atom is -0.389 e. The summed E-state index contributed by atoms with van der Waals surface area (Å²) < 4.78 is 5.61. The third-order valence-corrected chi connectivity index (χ3v) is 5.50. The molecule has 0 radical (unpaired) electrons. The van der Waals surface area contributed by atoms with Crippen LogP contribution in [0, 0.1) is 5.41 Å². The van der Waals surface area contributed by atoms with Crippen LogP contribution in [0.15, 0.2) is 48.5 Å². The summed E-state index contributed by atoms with van der Waals surface area (Å²) in [5, 5.41) is 12.7. The molecule has 0 saturated heterocycles. The van der Waals surface area contributed by atoms with E-state index in [1.54, 1.807) is 6.92 Å². The fourth-order valence-electron chi connectivity index (χ4n) is 3.53. The number of hydrogen-bond donors (Lipinski definition) is 2. The number of amides is 1. The van der Waals surface area contributed by atoms with Crippen LogP contribution >= 0.6 is 0 Å². The number of hydrogen-bond acceptors (Lipinski definition) is 3. The molecule has 1 atom stereocenters. The lowest BCUT2D eigenvalue weighted by Crippen LogP contribution is -2.45. The molecule has 0 aliphatic heterocycles. The second-order valence-electron chi connectivity index (χ2n) is 7.55. The average molecular weight is 367 g/mol. The predicted molar refractivity (Wildman–Crippen MR) is 108 cm³/mol. The molecule has 1 aliphatic rings. The second kappa shape index (κ2) is 8.68. The van der Waals surface area contributed by atoms with Crippen LogP contribution < -0.4 is 5.32 Å². The van der Waals surface area contributed by atoms with Crippen molar-refractivity contribution in [1.29, 1.82) is 0 Å². The molecule has 2 aromatic carbocycles. The summed E-state index contributed by atoms with van der Waals surface area (Å²) in [7, 11) is 0. The monoisotopic (exact) mass is 367 g/mol. The molecule has 1 amide bonds. The Morgan fingerprint density at radius 3 is 2.52 bits per heavy atom. The van der Waals surface area contributed by atoms with Crippen molar-refractivity contribution in [3.05, 3.63) is 59.7 Å². The van der Waals surface area contributed by atoms with Crippen LogP contribution in [0.2, 0.25) is 0 Å². The third-order valence-electron chi connectivity index (χ3n) is 5.50. The number of carbonyl (C=O) groups excluding carboxylic acids is 1. The van der Waals surface area contributed by atoms with Gasteiger partial charge in [-0.3, -0.25) is 4.79 Å². The topological polar surface area (TPSA) is 58.6 Å². The maximum Gasteiger partial charge on any atom is 0.251 e. The van der Waals surface area contributed by atoms with Crippen LogP contribution in [0.1, 0.15) is 55.1 Å². The number of rotatable bonds is 8. The van der Waals surface area contributed by atoms with Crippen molar-refractivity contribution in [3.8, 4) is 11.1 Å². The summed E-state index contributed by atoms with van der Waals surface area (Å²) in [5.74, 6) is -0.0415. The van der Waals surface area contributed by atoms with E-state index in [4.69, 9.17) is 4.74 Å². The van der Waals surface area contributed by atoms with Crippen LogP contribution in [0.5, 0.6) is 0 Å². The Hall–Kier alpha value is -2.17. The number of aliphatic hydroxyl groups is 1. The Morgan fingerprint density at radius 2 is 1.93 bits per heavy atom. The molecule has 1 fully saturated rings. The van der Waals surface area contributed by atoms with Gasteiger partial charge in [0, 0.05) is 24.1 Å². The van der Waals surface area contributed by atoms with E-state index in [0.29, 0.717) is 18.7 Å². The van der Waals surface area contributed by atoms with Crippen molar-refractivity contribution in [2.45, 2.75) is 39.2 Å². The third kappa shape index (κ3) is 4.76. The van der Waals surface area contributed by atoms with Gasteiger partial charge in [-0.2, -0.15) is 0 Å². The predicted octanol–water partition coefficient (Wildman–Crippen LogP) is 4.34. The molecule has 2 aromatic rings. The first-order valence-electron chi connectivity index (χ1n) is 9.77. The lowest BCUT2D eigenvalue weighted by molar-refractivity contribution is -0.000182. The van der Waals surface area contributed by atoms with Gasteiger partial charge >= 0.3 is 0 Å². The minimum atomic E-state index is -0.480. The van der Waals surface area contributed by atoms with Gasteiger partial charge in [-0.1, -0.05) is 42.8 Å². The first-order valence-corrected chi connectivity index (χ1v) is 9.77. The highest BCUT2D eigenvalue weighted by Gasteiger charge is 2.37. The molecule has 144 valence electrons. The zero-order chi connectivity index (χ0) is 19.3. The Kier molecular flexibility index (Phi) is 6.30. The molecule has 0 spiro atoms. The van der Waals surface area contributed by atoms with Crippen LogP contribution in [0.4, 0.5) is 0 Å². The maximum absolute atomic E-state index is 12.6. The number of ether oxygens (including phenoxy) is 1. The maximum atomic E-state index is 12.6. The van der Waals surface area contributed by atoms with E-state index in [1.807, 2.05) is 55.5 Å². The Balaban J connectivity index is 1.66. The van der Waals surface area contributed by atoms with Crippen molar-refractivity contribution in [1.82, 2.24) is 5.32 Å². The van der Waals surface area contributed by atoms with E-state index in [1.165, 1.54) is 6.42 Å². The zero-order valence-electron chi connectivity index (χ0n) is 16.2. The summed E-state index contributed by atoms with van der Waals surface area (Å²) in [6.07, 6.45) is 2.96. The summed E-state index contributed by atoms with van der Waals surface area (Å²) in [4.78, 5) is 12.6. The Labute approximate surface area is 161 Å². The highest BCUT2D eigenvalue weighted by atomic mass is 16.5. The molecule has 0 unspecified atom stereocenters. The molecule has 0 bridgehead atoms. The minimum absolute atomic E-state index is 0.0415. The summed E-state index contributed by atoms with van der Waals surface area (Å²) >= 11 is 0. The van der Waals surface area contributed by atoms with Gasteiger partial charge in [-0.05, 0) is 55.5 Å². The summed E-state index contributed by atoms with van der Waals surface area (Å²) in [5.41, 5.74) is 3.68. The Morgan fingerprint density at radius 1 is 1.19 bits per heavy atom. The normalized spacial score (nSPS) is 16.4. The molecule has 0 aromatic heterocycles. The van der Waals surface area contributed by atoms with Crippen LogP contribution in [0.3, 0.4) is 0 Å². The number of nitrogens with one attached hydrogen (secondary N) is 1. The lowest BCUT2D eigenvalue weighted by Gasteiger charge is -2.41. The van der Waals surface area contributed by atoms with E-state index in [0.717, 1.165) is 36.1 Å². The van der Waals surface area contributed by atoms with Gasteiger partial charge in [-0.25, -0.2) is 0 Å². The van der Waals surface area contributed by atoms with Gasteiger partial charge < -0.3 is 15.2 Å². The molecule has 3 rings (SSSR count). The fraction of sp³-hybridized carbons (Fsp3) is 0.435. The first kappa shape index (κ1) is 19.6. The molecule has 4 nitrogen and oxygen atoms in total. The molecular weight excluding hydrogens is 338 g/mol. The van der Waals surface area contributed by atoms with E-state index in [-0.39, 0.29) is 11.3 Å². The van der Waals surface area contributed by atoms with Gasteiger partial charge in [0.05, 0.1) is 12.7 Å². The molecule has 1 aliphatic carbocycles. The fourth-order valence-corrected chi connectivity index (χ4v) is 3.53. The number of aliphatic hydroxyl groups excluding tert-OH is 1. The standard InChI is InChI=1S/C23H29NO3/c1-3-27-16-23(12-5-13-23)15-24-22(26)21-7-4-6-20(14-21)19-10-8-18(9-11-19)17(2)25/h4,6-11,14,17,25H,3,5,12-13,15-16H2,1-2H3,(H,24,26)/t17-/m0/s1. The van der Waals surface area contributed by atoms with Crippen molar-refractivity contribution in [2.24, 2.45) is 5.41 Å². The van der Waals surface area contributed by atoms with Crippen LogP contribution in [0.25, 0.3) is 11.1 Å². The molecule has 0 heterocycles. The van der Waals surface area contributed by atoms with Crippen molar-refractivity contribution in [3.63, 3.8) is 0 Å². The Bertz CT molecular complexity index is 763. The largest absolute Gasteiger partial charge is 0.389 e. The van der Waals surface area contributed by atoms with Crippen LogP contribution in [-0.4, -0.2) is 30.8 Å². The van der Waals surface area contributed by atoms with Crippen molar-refractivity contribution < 1.29 is 14.6 Å². The van der Waals surface area contributed by atoms with Crippen LogP contribution in [-0.2, 0) is 4.74 Å². The molecule has 27 heavy (non-hydrogen) atoms. The average Bonchev–Trinajstić information content (AvgIpc) is 2.67.